The first-order chi connectivity index (χ1) is 15.3. The summed E-state index contributed by atoms with van der Waals surface area (Å²) in [5, 5.41) is 1.62. The van der Waals surface area contributed by atoms with Crippen LogP contribution in [0, 0.1) is 33.6 Å². The molecule has 4 rings (SSSR count). The molecule has 0 atom stereocenters. The summed E-state index contributed by atoms with van der Waals surface area (Å²) < 4.78 is 0. The van der Waals surface area contributed by atoms with Gasteiger partial charge < -0.3 is 0 Å². The monoisotopic (exact) mass is 442 g/mol. The van der Waals surface area contributed by atoms with Gasteiger partial charge in [0.1, 0.15) is 0 Å². The van der Waals surface area contributed by atoms with Crippen molar-refractivity contribution in [2.24, 2.45) is 5.92 Å². The van der Waals surface area contributed by atoms with E-state index in [-0.39, 0.29) is 7.92 Å². The molecule has 0 bridgehead atoms. The summed E-state index contributed by atoms with van der Waals surface area (Å²) in [6.07, 6.45) is 8.13. The Balaban J connectivity index is 2.01. The van der Waals surface area contributed by atoms with Crippen molar-refractivity contribution in [2.75, 3.05) is 12.3 Å². The molecule has 1 heterocycles. The van der Waals surface area contributed by atoms with Crippen LogP contribution in [0.4, 0.5) is 0 Å². The van der Waals surface area contributed by atoms with Crippen LogP contribution >= 0.6 is 7.92 Å². The Hall–Kier alpha value is -1.91. The van der Waals surface area contributed by atoms with Gasteiger partial charge in [0.25, 0.3) is 0 Å². The van der Waals surface area contributed by atoms with E-state index in [0.717, 1.165) is 6.42 Å². The predicted molar refractivity (Wildman–Crippen MR) is 145 cm³/mol. The van der Waals surface area contributed by atoms with Gasteiger partial charge in [0.05, 0.1) is 0 Å². The Morgan fingerprint density at radius 2 is 1.16 bits per heavy atom. The van der Waals surface area contributed by atoms with Crippen LogP contribution in [0.25, 0.3) is 22.3 Å². The van der Waals surface area contributed by atoms with E-state index in [1.165, 1.54) is 81.7 Å². The highest BCUT2D eigenvalue weighted by Gasteiger charge is 2.22. The fraction of sp³-hybridized carbons (Fsp3) is 0.419. The normalized spacial score (nSPS) is 14.8. The van der Waals surface area contributed by atoms with Crippen LogP contribution in [0.2, 0.25) is 0 Å². The highest BCUT2D eigenvalue weighted by atomic mass is 31.1. The zero-order chi connectivity index (χ0) is 22.8. The van der Waals surface area contributed by atoms with Crippen molar-refractivity contribution in [3.8, 4) is 22.3 Å². The van der Waals surface area contributed by atoms with Crippen LogP contribution in [0.1, 0.15) is 60.9 Å². The van der Waals surface area contributed by atoms with Crippen LogP contribution < -0.4 is 5.30 Å². The Morgan fingerprint density at radius 1 is 0.656 bits per heavy atom. The van der Waals surface area contributed by atoms with E-state index in [2.05, 4.69) is 90.1 Å². The van der Waals surface area contributed by atoms with E-state index in [1.807, 2.05) is 0 Å². The third-order valence-corrected chi connectivity index (χ3v) is 9.61. The van der Waals surface area contributed by atoms with Gasteiger partial charge >= 0.3 is 0 Å². The van der Waals surface area contributed by atoms with Gasteiger partial charge in [0, 0.05) is 0 Å². The van der Waals surface area contributed by atoms with E-state index >= 15 is 0 Å². The molecule has 32 heavy (non-hydrogen) atoms. The molecule has 3 aromatic rings. The average Bonchev–Trinajstić information content (AvgIpc) is 2.75. The van der Waals surface area contributed by atoms with Gasteiger partial charge in [-0.1, -0.05) is 75.7 Å². The van der Waals surface area contributed by atoms with Crippen LogP contribution in [0.5, 0.6) is 0 Å². The van der Waals surface area contributed by atoms with Gasteiger partial charge in [0.2, 0.25) is 0 Å². The quantitative estimate of drug-likeness (QED) is 0.346. The zero-order valence-corrected chi connectivity index (χ0v) is 21.8. The largest absolute Gasteiger partial charge is 0.0753 e. The maximum atomic E-state index is 2.60. The lowest BCUT2D eigenvalue weighted by Crippen LogP contribution is -2.14. The predicted octanol–water partition coefficient (Wildman–Crippen LogP) is 8.74. The standard InChI is InChI=1S/C31H39P/c1-21(2)16-29-30(27-12-10-22(3)17-24(27)5)19-26(32-14-8-7-9-15-32)20-31(29)28-13-11-23(4)18-25(28)6/h10-13,17-21H,7-9,14-16H2,1-6H3. The van der Waals surface area contributed by atoms with Gasteiger partial charge in [-0.25, -0.2) is 0 Å². The molecule has 0 spiro atoms. The fourth-order valence-corrected chi connectivity index (χ4v) is 7.91. The molecule has 1 fully saturated rings. The molecule has 1 aliphatic heterocycles. The Labute approximate surface area is 197 Å². The van der Waals surface area contributed by atoms with Crippen LogP contribution in [-0.4, -0.2) is 12.3 Å². The maximum absolute atomic E-state index is 2.60. The number of aryl methyl sites for hydroxylation is 4. The first kappa shape index (κ1) is 23.3. The molecule has 1 heteroatoms. The lowest BCUT2D eigenvalue weighted by Gasteiger charge is -2.27. The van der Waals surface area contributed by atoms with Crippen molar-refractivity contribution in [2.45, 2.75) is 67.2 Å². The lowest BCUT2D eigenvalue weighted by molar-refractivity contribution is 0.649. The molecular weight excluding hydrogens is 403 g/mol. The molecule has 1 saturated heterocycles. The molecule has 0 aliphatic carbocycles. The topological polar surface area (TPSA) is 0 Å². The molecular formula is C31H39P. The van der Waals surface area contributed by atoms with Crippen molar-refractivity contribution < 1.29 is 0 Å². The first-order valence-corrected chi connectivity index (χ1v) is 14.1. The second kappa shape index (κ2) is 9.93. The number of benzene rings is 3. The molecule has 0 amide bonds. The molecule has 0 nitrogen and oxygen atoms in total. The van der Waals surface area contributed by atoms with E-state index in [9.17, 15) is 0 Å². The minimum Gasteiger partial charge on any atom is -0.0753 e. The molecule has 0 saturated carbocycles. The first-order valence-electron chi connectivity index (χ1n) is 12.4. The summed E-state index contributed by atoms with van der Waals surface area (Å²) in [5.41, 5.74) is 12.8. The van der Waals surface area contributed by atoms with Crippen LogP contribution in [-0.2, 0) is 6.42 Å². The third-order valence-electron chi connectivity index (χ3n) is 6.91. The second-order valence-electron chi connectivity index (χ2n) is 10.3. The summed E-state index contributed by atoms with van der Waals surface area (Å²) in [6.45, 7) is 13.7. The summed E-state index contributed by atoms with van der Waals surface area (Å²) in [5.74, 6) is 0.621. The number of rotatable bonds is 5. The summed E-state index contributed by atoms with van der Waals surface area (Å²) in [7, 11) is -0.0444. The molecule has 1 aliphatic rings. The van der Waals surface area contributed by atoms with Crippen molar-refractivity contribution in [3.63, 3.8) is 0 Å². The third kappa shape index (κ3) is 5.02. The molecule has 0 aromatic heterocycles. The Morgan fingerprint density at radius 3 is 1.59 bits per heavy atom. The number of hydrogen-bond donors (Lipinski definition) is 0. The van der Waals surface area contributed by atoms with Gasteiger partial charge in [-0.05, 0) is 122 Å². The molecule has 0 N–H and O–H groups in total. The van der Waals surface area contributed by atoms with Crippen molar-refractivity contribution >= 4 is 13.2 Å². The van der Waals surface area contributed by atoms with E-state index in [4.69, 9.17) is 0 Å². The maximum Gasteiger partial charge on any atom is -0.0137 e. The highest BCUT2D eigenvalue weighted by Crippen LogP contribution is 2.45. The van der Waals surface area contributed by atoms with E-state index in [1.54, 1.807) is 5.30 Å². The van der Waals surface area contributed by atoms with Gasteiger partial charge in [-0.3, -0.25) is 0 Å². The SMILES string of the molecule is Cc1ccc(-c2cc(P3CCCCC3)cc(-c3ccc(C)cc3C)c2CC(C)C)c(C)c1. The highest BCUT2D eigenvalue weighted by molar-refractivity contribution is 7.65. The zero-order valence-electron chi connectivity index (χ0n) is 20.9. The smallest absolute Gasteiger partial charge is 0.0137 e. The molecule has 0 radical (unpaired) electrons. The van der Waals surface area contributed by atoms with Crippen LogP contribution in [0.15, 0.2) is 48.5 Å². The van der Waals surface area contributed by atoms with Gasteiger partial charge in [0.15, 0.2) is 0 Å². The van der Waals surface area contributed by atoms with E-state index < -0.39 is 0 Å². The van der Waals surface area contributed by atoms with Crippen molar-refractivity contribution in [3.05, 3.63) is 76.3 Å². The lowest BCUT2D eigenvalue weighted by atomic mass is 9.84. The Bertz CT molecular complexity index is 1030. The fourth-order valence-electron chi connectivity index (χ4n) is 5.33. The van der Waals surface area contributed by atoms with E-state index in [0.29, 0.717) is 5.92 Å². The molecule has 0 unspecified atom stereocenters. The minimum atomic E-state index is -0.0444. The van der Waals surface area contributed by atoms with Crippen molar-refractivity contribution in [1.29, 1.82) is 0 Å². The van der Waals surface area contributed by atoms with Gasteiger partial charge in [-0.2, -0.15) is 0 Å². The Kier molecular flexibility index (Phi) is 7.21. The van der Waals surface area contributed by atoms with Crippen LogP contribution in [0.3, 0.4) is 0 Å². The molecule has 168 valence electrons. The number of hydrogen-bond acceptors (Lipinski definition) is 0. The van der Waals surface area contributed by atoms with Gasteiger partial charge in [-0.15, -0.1) is 0 Å². The van der Waals surface area contributed by atoms with Crippen molar-refractivity contribution in [1.82, 2.24) is 0 Å². The summed E-state index contributed by atoms with van der Waals surface area (Å²) >= 11 is 0. The summed E-state index contributed by atoms with van der Waals surface area (Å²) in [4.78, 5) is 0. The molecule has 3 aromatic carbocycles. The summed E-state index contributed by atoms with van der Waals surface area (Å²) in [6, 6.07) is 19.2. The second-order valence-corrected chi connectivity index (χ2v) is 12.8. The minimum absolute atomic E-state index is 0.0444. The average molecular weight is 443 g/mol.